The summed E-state index contributed by atoms with van der Waals surface area (Å²) in [5, 5.41) is 1.01. The molecule has 3 heterocycles. The minimum absolute atomic E-state index is 0.0461. The number of hydrogen-bond donors (Lipinski definition) is 1. The van der Waals surface area contributed by atoms with Crippen LogP contribution >= 0.6 is 23.1 Å². The highest BCUT2D eigenvalue weighted by Gasteiger charge is 2.66. The van der Waals surface area contributed by atoms with E-state index in [-0.39, 0.29) is 45.6 Å². The maximum atomic E-state index is 13.2. The summed E-state index contributed by atoms with van der Waals surface area (Å²) >= 11 is 2.80. The largest absolute Gasteiger partial charge is 0.307 e. The third-order valence-electron chi connectivity index (χ3n) is 6.23. The van der Waals surface area contributed by atoms with Crippen molar-refractivity contribution in [1.29, 1.82) is 0 Å². The zero-order chi connectivity index (χ0) is 18.4. The highest BCUT2D eigenvalue weighted by atomic mass is 32.2. The second-order valence-corrected chi connectivity index (χ2v) is 9.60. The number of halogens is 1. The van der Waals surface area contributed by atoms with E-state index in [4.69, 9.17) is 0 Å². The molecule has 2 amide bonds. The summed E-state index contributed by atoms with van der Waals surface area (Å²) in [4.78, 5) is 42.9. The number of H-pyrrole nitrogens is 1. The van der Waals surface area contributed by atoms with Gasteiger partial charge >= 0.3 is 4.87 Å². The minimum atomic E-state index is -0.397. The van der Waals surface area contributed by atoms with E-state index in [1.54, 1.807) is 11.8 Å². The van der Waals surface area contributed by atoms with Gasteiger partial charge in [0.15, 0.2) is 0 Å². The van der Waals surface area contributed by atoms with Gasteiger partial charge in [0.25, 0.3) is 0 Å². The monoisotopic (exact) mass is 400 g/mol. The van der Waals surface area contributed by atoms with E-state index < -0.39 is 5.82 Å². The number of thioether (sulfide) groups is 1. The average molecular weight is 400 g/mol. The van der Waals surface area contributed by atoms with Gasteiger partial charge in [0.2, 0.25) is 11.8 Å². The Hall–Kier alpha value is -2.19. The lowest BCUT2D eigenvalue weighted by molar-refractivity contribution is -0.123. The molecular formula is C19H13FN2O3S2. The zero-order valence-electron chi connectivity index (χ0n) is 13.8. The Labute approximate surface area is 161 Å². The lowest BCUT2D eigenvalue weighted by Crippen LogP contribution is -2.34. The van der Waals surface area contributed by atoms with Gasteiger partial charge in [-0.15, -0.1) is 0 Å². The quantitative estimate of drug-likeness (QED) is 0.748. The van der Waals surface area contributed by atoms with Crippen molar-refractivity contribution in [1.82, 2.24) is 4.98 Å². The molecule has 0 spiro atoms. The maximum Gasteiger partial charge on any atom is 0.305 e. The smallest absolute Gasteiger partial charge is 0.305 e. The molecular weight excluding hydrogens is 387 g/mol. The normalized spacial score (nSPS) is 33.1. The van der Waals surface area contributed by atoms with Gasteiger partial charge in [0.05, 0.1) is 27.4 Å². The van der Waals surface area contributed by atoms with Gasteiger partial charge in [-0.2, -0.15) is 0 Å². The summed E-state index contributed by atoms with van der Waals surface area (Å²) in [6.45, 7) is 0. The number of thiazole rings is 1. The fraction of sp³-hybridized carbons (Fsp3) is 0.316. The Morgan fingerprint density at radius 1 is 1.07 bits per heavy atom. The van der Waals surface area contributed by atoms with Crippen molar-refractivity contribution in [2.24, 2.45) is 23.7 Å². The van der Waals surface area contributed by atoms with E-state index >= 15 is 0 Å². The third kappa shape index (κ3) is 1.97. The van der Waals surface area contributed by atoms with Crippen molar-refractivity contribution in [3.8, 4) is 0 Å². The topological polar surface area (TPSA) is 70.2 Å². The molecule has 2 saturated carbocycles. The Morgan fingerprint density at radius 3 is 2.59 bits per heavy atom. The van der Waals surface area contributed by atoms with Gasteiger partial charge in [-0.05, 0) is 48.6 Å². The number of nitrogens with zero attached hydrogens (tertiary/aromatic N) is 1. The van der Waals surface area contributed by atoms with E-state index in [9.17, 15) is 18.8 Å². The fourth-order valence-electron chi connectivity index (χ4n) is 5.26. The van der Waals surface area contributed by atoms with Crippen molar-refractivity contribution >= 4 is 46.7 Å². The van der Waals surface area contributed by atoms with Crippen LogP contribution in [0, 0.1) is 29.5 Å². The zero-order valence-corrected chi connectivity index (χ0v) is 15.5. The van der Waals surface area contributed by atoms with E-state index in [0.717, 1.165) is 16.3 Å². The van der Waals surface area contributed by atoms with Crippen LogP contribution in [0.25, 0.3) is 6.08 Å². The molecule has 1 aromatic carbocycles. The van der Waals surface area contributed by atoms with E-state index in [0.29, 0.717) is 5.69 Å². The van der Waals surface area contributed by atoms with Gasteiger partial charge in [-0.25, -0.2) is 4.39 Å². The molecule has 0 radical (unpaired) electrons. The lowest BCUT2D eigenvalue weighted by Gasteiger charge is -2.32. The van der Waals surface area contributed by atoms with Crippen LogP contribution in [0.1, 0.15) is 11.3 Å². The molecule has 5 nitrogen and oxygen atoms in total. The first-order chi connectivity index (χ1) is 13.0. The van der Waals surface area contributed by atoms with Gasteiger partial charge < -0.3 is 4.98 Å². The predicted octanol–water partition coefficient (Wildman–Crippen LogP) is 2.89. The second kappa shape index (κ2) is 5.20. The average Bonchev–Trinajstić information content (AvgIpc) is 3.35. The predicted molar refractivity (Wildman–Crippen MR) is 100 cm³/mol. The van der Waals surface area contributed by atoms with Crippen LogP contribution in [0.2, 0.25) is 0 Å². The summed E-state index contributed by atoms with van der Waals surface area (Å²) in [6, 6.07) is 5.51. The van der Waals surface area contributed by atoms with Gasteiger partial charge in [-0.1, -0.05) is 28.7 Å². The molecule has 2 bridgehead atoms. The molecule has 1 aromatic heterocycles. The summed E-state index contributed by atoms with van der Waals surface area (Å²) < 4.78 is 13.2. The number of fused-ring (bicyclic) bond motifs is 9. The second-order valence-electron chi connectivity index (χ2n) is 7.44. The van der Waals surface area contributed by atoms with Crippen molar-refractivity contribution in [3.63, 3.8) is 0 Å². The van der Waals surface area contributed by atoms with Crippen LogP contribution in [0.3, 0.4) is 0 Å². The van der Waals surface area contributed by atoms with E-state index in [1.165, 1.54) is 46.1 Å². The summed E-state index contributed by atoms with van der Waals surface area (Å²) in [5.74, 6) is -1.28. The Balaban J connectivity index is 1.41. The molecule has 2 aromatic rings. The van der Waals surface area contributed by atoms with Crippen molar-refractivity contribution in [3.05, 3.63) is 50.2 Å². The van der Waals surface area contributed by atoms with Gasteiger partial charge in [0.1, 0.15) is 5.82 Å². The van der Waals surface area contributed by atoms with Crippen LogP contribution in [-0.4, -0.2) is 22.0 Å². The molecule has 2 aliphatic carbocycles. The Morgan fingerprint density at radius 2 is 1.81 bits per heavy atom. The van der Waals surface area contributed by atoms with Crippen LogP contribution in [-0.2, 0) is 9.59 Å². The lowest BCUT2D eigenvalue weighted by atomic mass is 9.77. The molecule has 1 N–H and O–H groups in total. The number of aromatic nitrogens is 1. The fourth-order valence-corrected chi connectivity index (χ4v) is 7.70. The van der Waals surface area contributed by atoms with E-state index in [1.807, 2.05) is 0 Å². The molecule has 2 aliphatic heterocycles. The number of anilines is 1. The number of hydrogen-bond acceptors (Lipinski definition) is 5. The van der Waals surface area contributed by atoms with Crippen LogP contribution in [0.4, 0.5) is 10.1 Å². The molecule has 6 rings (SSSR count). The number of carbonyl (C=O) groups excluding carboxylic acids is 2. The Kier molecular flexibility index (Phi) is 3.05. The first-order valence-electron chi connectivity index (χ1n) is 8.77. The number of aromatic amines is 1. The minimum Gasteiger partial charge on any atom is -0.307 e. The molecule has 5 atom stereocenters. The summed E-state index contributed by atoms with van der Waals surface area (Å²) in [6.07, 6.45) is 2.89. The van der Waals surface area contributed by atoms with Crippen LogP contribution in [0.15, 0.2) is 39.7 Å². The maximum absolute atomic E-state index is 13.2. The summed E-state index contributed by atoms with van der Waals surface area (Å²) in [7, 11) is 0. The number of imide groups is 1. The molecule has 27 heavy (non-hydrogen) atoms. The molecule has 4 aliphatic rings. The number of amides is 2. The number of carbonyl (C=O) groups is 2. The van der Waals surface area contributed by atoms with E-state index in [2.05, 4.69) is 11.1 Å². The van der Waals surface area contributed by atoms with Crippen LogP contribution in [0.5, 0.6) is 0 Å². The van der Waals surface area contributed by atoms with Crippen LogP contribution < -0.4 is 9.77 Å². The van der Waals surface area contributed by atoms with Gasteiger partial charge in [0, 0.05) is 5.25 Å². The molecule has 3 fully saturated rings. The number of benzene rings is 1. The summed E-state index contributed by atoms with van der Waals surface area (Å²) in [5.41, 5.74) is 1.63. The SMILES string of the molecule is O=C1C2C(C(=O)N1c1ccc(F)cc1)[C@@H]1C[C@H]2C2Sc3[nH]c(=O)sc3C=C21. The molecule has 1 saturated heterocycles. The molecule has 136 valence electrons. The highest BCUT2D eigenvalue weighted by Crippen LogP contribution is 2.64. The molecule has 3 unspecified atom stereocenters. The third-order valence-corrected chi connectivity index (χ3v) is 8.63. The highest BCUT2D eigenvalue weighted by molar-refractivity contribution is 8.00. The van der Waals surface area contributed by atoms with Crippen molar-refractivity contribution in [2.45, 2.75) is 16.7 Å². The first-order valence-corrected chi connectivity index (χ1v) is 10.5. The molecule has 8 heteroatoms. The Bertz CT molecular complexity index is 1100. The first kappa shape index (κ1) is 15.8. The number of rotatable bonds is 1. The number of nitrogens with one attached hydrogen (secondary N) is 1. The van der Waals surface area contributed by atoms with Crippen molar-refractivity contribution < 1.29 is 14.0 Å². The van der Waals surface area contributed by atoms with Crippen molar-refractivity contribution in [2.75, 3.05) is 4.90 Å². The standard InChI is InChI=1S/C19H13FN2O3S2/c20-7-1-3-8(4-2-7)22-17(23)13-9-5-11(14(13)18(22)24)15-10(9)6-12-16(27-15)21-19(25)26-12/h1-4,6,9,11,13-15H,5H2,(H,21,25)/t9-,11-,13?,14?,15?/m1/s1. The van der Waals surface area contributed by atoms with Gasteiger partial charge in [-0.3, -0.25) is 19.3 Å².